The number of nitrogens with zero attached hydrogens (tertiary/aromatic N) is 1. The summed E-state index contributed by atoms with van der Waals surface area (Å²) < 4.78 is 10.7. The molecule has 0 aromatic heterocycles. The van der Waals surface area contributed by atoms with Crippen LogP contribution in [0.2, 0.25) is 0 Å². The summed E-state index contributed by atoms with van der Waals surface area (Å²) in [5, 5.41) is 3.03. The summed E-state index contributed by atoms with van der Waals surface area (Å²) in [4.78, 5) is 27.6. The number of piperidine rings is 1. The molecule has 1 N–H and O–H groups in total. The van der Waals surface area contributed by atoms with Gasteiger partial charge in [-0.15, -0.1) is 0 Å². The van der Waals surface area contributed by atoms with Gasteiger partial charge in [-0.3, -0.25) is 9.59 Å². The van der Waals surface area contributed by atoms with Gasteiger partial charge < -0.3 is 19.7 Å². The summed E-state index contributed by atoms with van der Waals surface area (Å²) in [6.45, 7) is 2.55. The molecular formula is C25H30N2O4. The van der Waals surface area contributed by atoms with Gasteiger partial charge in [0.1, 0.15) is 5.75 Å². The van der Waals surface area contributed by atoms with Crippen LogP contribution in [-0.2, 0) is 14.3 Å². The first-order valence-corrected chi connectivity index (χ1v) is 11.1. The molecule has 2 aromatic carbocycles. The Bertz CT molecular complexity index is 906. The van der Waals surface area contributed by atoms with Crippen molar-refractivity contribution in [3.8, 4) is 16.9 Å². The number of carbonyl (C=O) groups is 2. The molecule has 4 rings (SSSR count). The second kappa shape index (κ2) is 9.96. The number of carbonyl (C=O) groups excluding carboxylic acids is 2. The van der Waals surface area contributed by atoms with Crippen molar-refractivity contribution in [1.82, 2.24) is 4.90 Å². The maximum Gasteiger partial charge on any atom is 0.229 e. The molecule has 0 bridgehead atoms. The Morgan fingerprint density at radius 2 is 1.77 bits per heavy atom. The van der Waals surface area contributed by atoms with E-state index in [1.165, 1.54) is 0 Å². The lowest BCUT2D eigenvalue weighted by atomic mass is 9.93. The van der Waals surface area contributed by atoms with Crippen molar-refractivity contribution in [3.63, 3.8) is 0 Å². The predicted octanol–water partition coefficient (Wildman–Crippen LogP) is 3.97. The van der Waals surface area contributed by atoms with E-state index in [1.54, 1.807) is 7.11 Å². The van der Waals surface area contributed by atoms with Crippen molar-refractivity contribution >= 4 is 17.5 Å². The first-order valence-electron chi connectivity index (χ1n) is 11.1. The summed E-state index contributed by atoms with van der Waals surface area (Å²) in [5.74, 6) is 0.851. The summed E-state index contributed by atoms with van der Waals surface area (Å²) >= 11 is 0. The van der Waals surface area contributed by atoms with Crippen LogP contribution >= 0.6 is 0 Å². The smallest absolute Gasteiger partial charge is 0.229 e. The highest BCUT2D eigenvalue weighted by molar-refractivity contribution is 5.93. The van der Waals surface area contributed by atoms with E-state index < -0.39 is 0 Å². The average molecular weight is 423 g/mol. The van der Waals surface area contributed by atoms with Gasteiger partial charge in [0.05, 0.1) is 13.0 Å². The summed E-state index contributed by atoms with van der Waals surface area (Å²) in [5.41, 5.74) is 2.89. The Morgan fingerprint density at radius 3 is 2.52 bits per heavy atom. The number of benzene rings is 2. The Kier molecular flexibility index (Phi) is 6.87. The second-order valence-corrected chi connectivity index (χ2v) is 8.31. The summed E-state index contributed by atoms with van der Waals surface area (Å²) in [6, 6.07) is 15.7. The van der Waals surface area contributed by atoms with Gasteiger partial charge in [-0.25, -0.2) is 0 Å². The molecule has 6 nitrogen and oxygen atoms in total. The standard InChI is InChI=1S/C25H30N2O4/c1-30-23-6-2-4-20(16-23)18-7-9-22(10-8-18)26-24(28)21-5-3-13-27(17-21)25(29)19-11-14-31-15-12-19/h2,4,6-10,16,19,21H,3,5,11-15,17H2,1H3,(H,26,28). The first kappa shape index (κ1) is 21.4. The van der Waals surface area contributed by atoms with E-state index in [2.05, 4.69) is 5.32 Å². The maximum atomic E-state index is 12.9. The topological polar surface area (TPSA) is 67.9 Å². The fraction of sp³-hybridized carbons (Fsp3) is 0.440. The van der Waals surface area contributed by atoms with Crippen LogP contribution in [0.15, 0.2) is 48.5 Å². The van der Waals surface area contributed by atoms with Crippen LogP contribution in [0, 0.1) is 11.8 Å². The molecule has 2 aromatic rings. The van der Waals surface area contributed by atoms with E-state index in [1.807, 2.05) is 53.4 Å². The van der Waals surface area contributed by atoms with Crippen LogP contribution in [-0.4, -0.2) is 50.1 Å². The number of hydrogen-bond donors (Lipinski definition) is 1. The van der Waals surface area contributed by atoms with Gasteiger partial charge in [0.2, 0.25) is 11.8 Å². The fourth-order valence-corrected chi connectivity index (χ4v) is 4.39. The van der Waals surface area contributed by atoms with Gasteiger partial charge in [-0.2, -0.15) is 0 Å². The number of nitrogens with one attached hydrogen (secondary N) is 1. The number of ether oxygens (including phenoxy) is 2. The minimum absolute atomic E-state index is 0.0152. The normalized spacial score (nSPS) is 19.6. The molecule has 2 amide bonds. The zero-order valence-electron chi connectivity index (χ0n) is 18.0. The molecule has 0 saturated carbocycles. The van der Waals surface area contributed by atoms with Crippen molar-refractivity contribution in [2.24, 2.45) is 11.8 Å². The van der Waals surface area contributed by atoms with E-state index in [-0.39, 0.29) is 23.7 Å². The maximum absolute atomic E-state index is 12.9. The first-order chi connectivity index (χ1) is 15.1. The van der Waals surface area contributed by atoms with Crippen LogP contribution in [0.5, 0.6) is 5.75 Å². The van der Waals surface area contributed by atoms with Gasteiger partial charge in [0.25, 0.3) is 0 Å². The van der Waals surface area contributed by atoms with Crippen LogP contribution in [0.3, 0.4) is 0 Å². The largest absolute Gasteiger partial charge is 0.497 e. The summed E-state index contributed by atoms with van der Waals surface area (Å²) in [7, 11) is 1.65. The number of rotatable bonds is 5. The van der Waals surface area contributed by atoms with Crippen LogP contribution in [0.1, 0.15) is 25.7 Å². The SMILES string of the molecule is COc1cccc(-c2ccc(NC(=O)C3CCCN(C(=O)C4CCOCC4)C3)cc2)c1. The van der Waals surface area contributed by atoms with Gasteiger partial charge in [-0.1, -0.05) is 24.3 Å². The lowest BCUT2D eigenvalue weighted by molar-refractivity contribution is -0.141. The monoisotopic (exact) mass is 422 g/mol. The molecule has 0 spiro atoms. The molecule has 1 atom stereocenters. The fourth-order valence-electron chi connectivity index (χ4n) is 4.39. The minimum atomic E-state index is -0.171. The predicted molar refractivity (Wildman–Crippen MR) is 120 cm³/mol. The highest BCUT2D eigenvalue weighted by Crippen LogP contribution is 2.27. The van der Waals surface area contributed by atoms with Gasteiger partial charge in [-0.05, 0) is 61.1 Å². The van der Waals surface area contributed by atoms with Crippen molar-refractivity contribution in [1.29, 1.82) is 0 Å². The number of likely N-dealkylation sites (tertiary alicyclic amines) is 1. The molecule has 2 fully saturated rings. The minimum Gasteiger partial charge on any atom is -0.497 e. The lowest BCUT2D eigenvalue weighted by Crippen LogP contribution is -2.46. The molecule has 0 aliphatic carbocycles. The molecule has 1 unspecified atom stereocenters. The van der Waals surface area contributed by atoms with Gasteiger partial charge in [0.15, 0.2) is 0 Å². The Morgan fingerprint density at radius 1 is 1.00 bits per heavy atom. The van der Waals surface area contributed by atoms with Crippen LogP contribution < -0.4 is 10.1 Å². The zero-order chi connectivity index (χ0) is 21.6. The molecule has 2 aliphatic heterocycles. The number of amides is 2. The number of anilines is 1. The van der Waals surface area contributed by atoms with E-state index in [0.717, 1.165) is 54.8 Å². The molecule has 164 valence electrons. The van der Waals surface area contributed by atoms with Crippen LogP contribution in [0.25, 0.3) is 11.1 Å². The highest BCUT2D eigenvalue weighted by Gasteiger charge is 2.32. The van der Waals surface area contributed by atoms with E-state index >= 15 is 0 Å². The molecule has 6 heteroatoms. The second-order valence-electron chi connectivity index (χ2n) is 8.31. The van der Waals surface area contributed by atoms with Gasteiger partial charge >= 0.3 is 0 Å². The Hall–Kier alpha value is -2.86. The van der Waals surface area contributed by atoms with Crippen molar-refractivity contribution in [2.45, 2.75) is 25.7 Å². The van der Waals surface area contributed by atoms with Crippen LogP contribution in [0.4, 0.5) is 5.69 Å². The van der Waals surface area contributed by atoms with E-state index in [0.29, 0.717) is 19.8 Å². The third-order valence-corrected chi connectivity index (χ3v) is 6.23. The van der Waals surface area contributed by atoms with Crippen molar-refractivity contribution in [3.05, 3.63) is 48.5 Å². The molecule has 31 heavy (non-hydrogen) atoms. The quantitative estimate of drug-likeness (QED) is 0.792. The molecule has 2 heterocycles. The molecular weight excluding hydrogens is 392 g/mol. The Labute approximate surface area is 183 Å². The molecule has 0 radical (unpaired) electrons. The third kappa shape index (κ3) is 5.25. The van der Waals surface area contributed by atoms with E-state index in [4.69, 9.17) is 9.47 Å². The average Bonchev–Trinajstić information content (AvgIpc) is 2.84. The highest BCUT2D eigenvalue weighted by atomic mass is 16.5. The lowest BCUT2D eigenvalue weighted by Gasteiger charge is -2.35. The molecule has 2 saturated heterocycles. The summed E-state index contributed by atoms with van der Waals surface area (Å²) in [6.07, 6.45) is 3.24. The van der Waals surface area contributed by atoms with E-state index in [9.17, 15) is 9.59 Å². The Balaban J connectivity index is 1.35. The van der Waals surface area contributed by atoms with Crippen molar-refractivity contribution in [2.75, 3.05) is 38.7 Å². The number of hydrogen-bond acceptors (Lipinski definition) is 4. The third-order valence-electron chi connectivity index (χ3n) is 6.23. The van der Waals surface area contributed by atoms with Gasteiger partial charge in [0, 0.05) is 37.9 Å². The van der Waals surface area contributed by atoms with Crippen molar-refractivity contribution < 1.29 is 19.1 Å². The number of methoxy groups -OCH3 is 1. The molecule has 2 aliphatic rings. The zero-order valence-corrected chi connectivity index (χ0v) is 18.0.